The Kier molecular flexibility index (Phi) is 4.75. The molecule has 8 heteroatoms. The largest absolute Gasteiger partial charge is 0.276 e. The molecular formula is C15H15N3O4S. The van der Waals surface area contributed by atoms with Gasteiger partial charge in [-0.3, -0.25) is 10.1 Å². The van der Waals surface area contributed by atoms with E-state index in [0.717, 1.165) is 5.56 Å². The Balaban J connectivity index is 2.19. The minimum absolute atomic E-state index is 0.0915. The molecule has 0 aliphatic heterocycles. The highest BCUT2D eigenvalue weighted by atomic mass is 32.2. The van der Waals surface area contributed by atoms with Gasteiger partial charge in [0.2, 0.25) is 0 Å². The third kappa shape index (κ3) is 4.13. The maximum Gasteiger partial charge on any atom is 0.276 e. The van der Waals surface area contributed by atoms with Crippen LogP contribution in [0.5, 0.6) is 0 Å². The van der Waals surface area contributed by atoms with E-state index in [2.05, 4.69) is 9.93 Å². The Hall–Kier alpha value is -2.74. The molecule has 0 fully saturated rings. The van der Waals surface area contributed by atoms with Gasteiger partial charge in [-0.25, -0.2) is 4.83 Å². The van der Waals surface area contributed by atoms with Gasteiger partial charge < -0.3 is 0 Å². The average molecular weight is 333 g/mol. The number of non-ortho nitro benzene ring substituents is 1. The monoisotopic (exact) mass is 333 g/mol. The van der Waals surface area contributed by atoms with E-state index >= 15 is 0 Å². The van der Waals surface area contributed by atoms with Crippen LogP contribution < -0.4 is 4.83 Å². The predicted molar refractivity (Wildman–Crippen MR) is 86.9 cm³/mol. The first-order valence-electron chi connectivity index (χ1n) is 6.66. The van der Waals surface area contributed by atoms with E-state index in [1.165, 1.54) is 30.5 Å². The summed E-state index contributed by atoms with van der Waals surface area (Å²) in [6, 6.07) is 10.7. The van der Waals surface area contributed by atoms with Crippen molar-refractivity contribution >= 4 is 21.9 Å². The lowest BCUT2D eigenvalue weighted by molar-refractivity contribution is -0.384. The summed E-state index contributed by atoms with van der Waals surface area (Å²) in [5.41, 5.74) is 1.90. The maximum absolute atomic E-state index is 12.2. The summed E-state index contributed by atoms with van der Waals surface area (Å²) in [6.45, 7) is 3.57. The molecule has 0 aliphatic rings. The number of benzene rings is 2. The van der Waals surface area contributed by atoms with Crippen molar-refractivity contribution in [1.29, 1.82) is 0 Å². The van der Waals surface area contributed by atoms with Gasteiger partial charge in [0.1, 0.15) is 0 Å². The van der Waals surface area contributed by atoms with Crippen molar-refractivity contribution in [2.75, 3.05) is 0 Å². The van der Waals surface area contributed by atoms with Crippen LogP contribution in [0.2, 0.25) is 0 Å². The van der Waals surface area contributed by atoms with Gasteiger partial charge in [-0.1, -0.05) is 29.8 Å². The molecule has 2 aromatic carbocycles. The Morgan fingerprint density at radius 1 is 1.17 bits per heavy atom. The van der Waals surface area contributed by atoms with Crippen LogP contribution in [-0.4, -0.2) is 19.6 Å². The molecule has 0 aromatic heterocycles. The molecule has 23 heavy (non-hydrogen) atoms. The summed E-state index contributed by atoms with van der Waals surface area (Å²) in [7, 11) is -3.79. The SMILES string of the molecule is Cc1ccc(S(=O)(=O)N/N=C/c2cccc([N+](=O)[O-])c2)c(C)c1. The topological polar surface area (TPSA) is 102 Å². The van der Waals surface area contributed by atoms with Gasteiger partial charge in [-0.15, -0.1) is 0 Å². The molecule has 0 atom stereocenters. The number of hydrazone groups is 1. The standard InChI is InChI=1S/C15H15N3O4S/c1-11-6-7-15(12(2)8-11)23(21,22)17-16-10-13-4-3-5-14(9-13)18(19)20/h3-10,17H,1-2H3/b16-10+. The van der Waals surface area contributed by atoms with Crippen molar-refractivity contribution in [3.8, 4) is 0 Å². The van der Waals surface area contributed by atoms with Crippen molar-refractivity contribution < 1.29 is 13.3 Å². The van der Waals surface area contributed by atoms with Gasteiger partial charge in [0.25, 0.3) is 15.7 Å². The van der Waals surface area contributed by atoms with E-state index in [9.17, 15) is 18.5 Å². The molecule has 2 aromatic rings. The number of hydrogen-bond donors (Lipinski definition) is 1. The smallest absolute Gasteiger partial charge is 0.258 e. The summed E-state index contributed by atoms with van der Waals surface area (Å²) in [5, 5.41) is 14.4. The number of hydrogen-bond acceptors (Lipinski definition) is 5. The maximum atomic E-state index is 12.2. The zero-order chi connectivity index (χ0) is 17.0. The summed E-state index contributed by atoms with van der Waals surface area (Å²) in [6.07, 6.45) is 1.22. The molecule has 0 unspecified atom stereocenters. The second kappa shape index (κ2) is 6.57. The van der Waals surface area contributed by atoms with Crippen LogP contribution in [-0.2, 0) is 10.0 Å². The van der Waals surface area contributed by atoms with Crippen LogP contribution in [0, 0.1) is 24.0 Å². The van der Waals surface area contributed by atoms with E-state index < -0.39 is 14.9 Å². The third-order valence-corrected chi connectivity index (χ3v) is 4.47. The Labute approximate surface area is 133 Å². The number of rotatable bonds is 5. The second-order valence-corrected chi connectivity index (χ2v) is 6.60. The highest BCUT2D eigenvalue weighted by Crippen LogP contribution is 2.16. The van der Waals surface area contributed by atoms with Crippen LogP contribution in [0.3, 0.4) is 0 Å². The molecular weight excluding hydrogens is 318 g/mol. The summed E-state index contributed by atoms with van der Waals surface area (Å²) in [4.78, 5) is 12.4. The van der Waals surface area contributed by atoms with Crippen LogP contribution in [0.25, 0.3) is 0 Å². The second-order valence-electron chi connectivity index (χ2n) is 4.97. The zero-order valence-corrected chi connectivity index (χ0v) is 13.4. The minimum Gasteiger partial charge on any atom is -0.258 e. The van der Waals surface area contributed by atoms with E-state index in [-0.39, 0.29) is 10.6 Å². The van der Waals surface area contributed by atoms with Gasteiger partial charge in [0.15, 0.2) is 0 Å². The van der Waals surface area contributed by atoms with Crippen LogP contribution in [0.4, 0.5) is 5.69 Å². The van der Waals surface area contributed by atoms with E-state index in [1.807, 2.05) is 6.92 Å². The lowest BCUT2D eigenvalue weighted by Gasteiger charge is -2.07. The lowest BCUT2D eigenvalue weighted by atomic mass is 10.2. The van der Waals surface area contributed by atoms with Crippen LogP contribution >= 0.6 is 0 Å². The fraction of sp³-hybridized carbons (Fsp3) is 0.133. The number of sulfonamides is 1. The van der Waals surface area contributed by atoms with E-state index in [4.69, 9.17) is 0 Å². The molecule has 0 saturated carbocycles. The van der Waals surface area contributed by atoms with E-state index in [0.29, 0.717) is 11.1 Å². The molecule has 0 radical (unpaired) electrons. The van der Waals surface area contributed by atoms with Crippen molar-refractivity contribution in [3.05, 3.63) is 69.3 Å². The van der Waals surface area contributed by atoms with Gasteiger partial charge in [0.05, 0.1) is 16.0 Å². The van der Waals surface area contributed by atoms with Gasteiger partial charge >= 0.3 is 0 Å². The Morgan fingerprint density at radius 2 is 1.91 bits per heavy atom. The molecule has 0 aliphatic carbocycles. The average Bonchev–Trinajstić information content (AvgIpc) is 2.46. The quantitative estimate of drug-likeness (QED) is 0.516. The van der Waals surface area contributed by atoms with Gasteiger partial charge in [-0.2, -0.15) is 13.5 Å². The first-order chi connectivity index (χ1) is 10.8. The molecule has 0 heterocycles. The molecule has 0 bridgehead atoms. The summed E-state index contributed by atoms with van der Waals surface area (Å²) < 4.78 is 24.4. The summed E-state index contributed by atoms with van der Waals surface area (Å²) in [5.74, 6) is 0. The normalized spacial score (nSPS) is 11.6. The molecule has 120 valence electrons. The van der Waals surface area contributed by atoms with Crippen LogP contribution in [0.15, 0.2) is 52.5 Å². The lowest BCUT2D eigenvalue weighted by Crippen LogP contribution is -2.19. The fourth-order valence-electron chi connectivity index (χ4n) is 2.04. The molecule has 0 spiro atoms. The number of aryl methyl sites for hydroxylation is 2. The first kappa shape index (κ1) is 16.6. The highest BCUT2D eigenvalue weighted by Gasteiger charge is 2.15. The van der Waals surface area contributed by atoms with Crippen molar-refractivity contribution in [3.63, 3.8) is 0 Å². The minimum atomic E-state index is -3.79. The predicted octanol–water partition coefficient (Wildman–Crippen LogP) is 2.52. The molecule has 1 N–H and O–H groups in total. The summed E-state index contributed by atoms with van der Waals surface area (Å²) >= 11 is 0. The van der Waals surface area contributed by atoms with Crippen molar-refractivity contribution in [2.24, 2.45) is 5.10 Å². The van der Waals surface area contributed by atoms with Crippen molar-refractivity contribution in [2.45, 2.75) is 18.7 Å². The molecule has 2 rings (SSSR count). The van der Waals surface area contributed by atoms with E-state index in [1.54, 1.807) is 25.1 Å². The first-order valence-corrected chi connectivity index (χ1v) is 8.14. The third-order valence-electron chi connectivity index (χ3n) is 3.09. The molecule has 0 saturated heterocycles. The van der Waals surface area contributed by atoms with Crippen LogP contribution in [0.1, 0.15) is 16.7 Å². The number of nitrogens with zero attached hydrogens (tertiary/aromatic N) is 2. The Bertz CT molecular complexity index is 876. The highest BCUT2D eigenvalue weighted by molar-refractivity contribution is 7.89. The fourth-order valence-corrected chi connectivity index (χ4v) is 3.06. The van der Waals surface area contributed by atoms with Crippen molar-refractivity contribution in [1.82, 2.24) is 4.83 Å². The number of nitrogens with one attached hydrogen (secondary N) is 1. The van der Waals surface area contributed by atoms with Gasteiger partial charge in [0, 0.05) is 17.7 Å². The van der Waals surface area contributed by atoms with Gasteiger partial charge in [-0.05, 0) is 25.5 Å². The Morgan fingerprint density at radius 3 is 2.57 bits per heavy atom. The molecule has 7 nitrogen and oxygen atoms in total. The number of nitro groups is 1. The molecule has 0 amide bonds. The zero-order valence-electron chi connectivity index (χ0n) is 12.6. The number of nitro benzene ring substituents is 1.